The van der Waals surface area contributed by atoms with Gasteiger partial charge in [-0.1, -0.05) is 25.3 Å². The van der Waals surface area contributed by atoms with Crippen LogP contribution in [-0.4, -0.2) is 19.6 Å². The van der Waals surface area contributed by atoms with Crippen LogP contribution in [0.1, 0.15) is 44.1 Å². The fraction of sp³-hybridized carbons (Fsp3) is 0.588. The molecule has 1 amide bonds. The maximum absolute atomic E-state index is 12.3. The zero-order valence-corrected chi connectivity index (χ0v) is 14.7. The summed E-state index contributed by atoms with van der Waals surface area (Å²) in [6, 6.07) is 5.83. The Kier molecular flexibility index (Phi) is 6.26. The van der Waals surface area contributed by atoms with E-state index >= 15 is 0 Å². The lowest BCUT2D eigenvalue weighted by Crippen LogP contribution is -2.38. The van der Waals surface area contributed by atoms with Crippen LogP contribution in [0, 0.1) is 5.41 Å². The van der Waals surface area contributed by atoms with Crippen molar-refractivity contribution in [2.45, 2.75) is 45.1 Å². The molecule has 0 unspecified atom stereocenters. The quantitative estimate of drug-likeness (QED) is 0.808. The topological polar surface area (TPSA) is 64.3 Å². The normalized spacial score (nSPS) is 17.0. The van der Waals surface area contributed by atoms with Gasteiger partial charge in [0.15, 0.2) is 0 Å². The molecule has 4 nitrogen and oxygen atoms in total. The van der Waals surface area contributed by atoms with Crippen molar-refractivity contribution in [1.82, 2.24) is 5.32 Å². The average Bonchev–Trinajstić information content (AvgIpc) is 2.54. The lowest BCUT2D eigenvalue weighted by atomic mass is 9.71. The second kappa shape index (κ2) is 7.97. The summed E-state index contributed by atoms with van der Waals surface area (Å²) in [6.07, 6.45) is 6.34. The van der Waals surface area contributed by atoms with Gasteiger partial charge in [-0.25, -0.2) is 0 Å². The van der Waals surface area contributed by atoms with Crippen LogP contribution in [0.3, 0.4) is 0 Å². The molecule has 1 aromatic carbocycles. The number of nitrogens with one attached hydrogen (secondary N) is 1. The second-order valence-electron chi connectivity index (χ2n) is 6.19. The van der Waals surface area contributed by atoms with Crippen molar-refractivity contribution in [3.05, 3.63) is 28.2 Å². The molecule has 0 aromatic heterocycles. The number of carbonyl (C=O) groups excluding carboxylic acids is 1. The van der Waals surface area contributed by atoms with E-state index in [0.717, 1.165) is 28.6 Å². The predicted molar refractivity (Wildman–Crippen MR) is 91.7 cm³/mol. The minimum atomic E-state index is 0.0167. The highest BCUT2D eigenvalue weighted by Crippen LogP contribution is 2.38. The summed E-state index contributed by atoms with van der Waals surface area (Å²) in [5.74, 6) is 0.888. The van der Waals surface area contributed by atoms with Crippen LogP contribution in [0.5, 0.6) is 5.75 Å². The number of halogens is 1. The van der Waals surface area contributed by atoms with Crippen LogP contribution in [-0.2, 0) is 11.3 Å². The fourth-order valence-corrected chi connectivity index (χ4v) is 3.77. The molecule has 0 atom stereocenters. The summed E-state index contributed by atoms with van der Waals surface area (Å²) in [6.45, 7) is 1.14. The van der Waals surface area contributed by atoms with Crippen LogP contribution >= 0.6 is 15.9 Å². The van der Waals surface area contributed by atoms with Gasteiger partial charge in [0.1, 0.15) is 5.75 Å². The van der Waals surface area contributed by atoms with Crippen LogP contribution < -0.4 is 15.8 Å². The SMILES string of the molecule is COc1ccc(CNC(=O)CC2(CN)CCCCC2)cc1Br. The Morgan fingerprint density at radius 3 is 2.68 bits per heavy atom. The summed E-state index contributed by atoms with van der Waals surface area (Å²) in [5, 5.41) is 3.01. The number of hydrogen-bond donors (Lipinski definition) is 2. The van der Waals surface area contributed by atoms with Gasteiger partial charge in [-0.05, 0) is 58.4 Å². The van der Waals surface area contributed by atoms with E-state index in [0.29, 0.717) is 19.5 Å². The van der Waals surface area contributed by atoms with Crippen molar-refractivity contribution in [2.24, 2.45) is 11.1 Å². The number of methoxy groups -OCH3 is 1. The molecule has 0 radical (unpaired) electrons. The van der Waals surface area contributed by atoms with E-state index in [1.807, 2.05) is 18.2 Å². The summed E-state index contributed by atoms with van der Waals surface area (Å²) in [4.78, 5) is 12.3. The molecule has 1 aliphatic rings. The van der Waals surface area contributed by atoms with Crippen LogP contribution in [0.4, 0.5) is 0 Å². The molecule has 1 fully saturated rings. The summed E-state index contributed by atoms with van der Waals surface area (Å²) in [7, 11) is 1.64. The molecule has 1 aliphatic carbocycles. The van der Waals surface area contributed by atoms with Gasteiger partial charge in [0, 0.05) is 13.0 Å². The fourth-order valence-electron chi connectivity index (χ4n) is 3.18. The Bertz CT molecular complexity index is 513. The van der Waals surface area contributed by atoms with Crippen molar-refractivity contribution in [1.29, 1.82) is 0 Å². The first-order chi connectivity index (χ1) is 10.6. The lowest BCUT2D eigenvalue weighted by Gasteiger charge is -2.35. The minimum Gasteiger partial charge on any atom is -0.496 e. The van der Waals surface area contributed by atoms with Crippen LogP contribution in [0.15, 0.2) is 22.7 Å². The van der Waals surface area contributed by atoms with E-state index < -0.39 is 0 Å². The van der Waals surface area contributed by atoms with E-state index in [2.05, 4.69) is 21.2 Å². The summed E-state index contributed by atoms with van der Waals surface area (Å²) >= 11 is 3.46. The minimum absolute atomic E-state index is 0.0167. The Morgan fingerprint density at radius 1 is 1.36 bits per heavy atom. The molecular weight excluding hydrogens is 344 g/mol. The van der Waals surface area contributed by atoms with E-state index in [1.165, 1.54) is 19.3 Å². The Labute approximate surface area is 140 Å². The van der Waals surface area contributed by atoms with Crippen molar-refractivity contribution in [3.8, 4) is 5.75 Å². The molecule has 0 heterocycles. The first-order valence-electron chi connectivity index (χ1n) is 7.88. The van der Waals surface area contributed by atoms with Crippen molar-refractivity contribution < 1.29 is 9.53 Å². The number of rotatable bonds is 6. The van der Waals surface area contributed by atoms with Gasteiger partial charge in [-0.2, -0.15) is 0 Å². The maximum Gasteiger partial charge on any atom is 0.220 e. The van der Waals surface area contributed by atoms with E-state index in [9.17, 15) is 4.79 Å². The standard InChI is InChI=1S/C17H25BrN2O2/c1-22-15-6-5-13(9-14(15)18)11-20-16(21)10-17(12-19)7-3-2-4-8-17/h5-6,9H,2-4,7-8,10-12,19H2,1H3,(H,20,21). The summed E-state index contributed by atoms with van der Waals surface area (Å²) < 4.78 is 6.10. The zero-order valence-electron chi connectivity index (χ0n) is 13.2. The van der Waals surface area contributed by atoms with E-state index in [1.54, 1.807) is 7.11 Å². The van der Waals surface area contributed by atoms with Crippen LogP contribution in [0.25, 0.3) is 0 Å². The average molecular weight is 369 g/mol. The van der Waals surface area contributed by atoms with Gasteiger partial charge in [-0.3, -0.25) is 4.79 Å². The predicted octanol–water partition coefficient (Wildman–Crippen LogP) is 3.37. The molecule has 0 spiro atoms. The third kappa shape index (κ3) is 4.46. The number of hydrogen-bond acceptors (Lipinski definition) is 3. The van der Waals surface area contributed by atoms with Crippen molar-refractivity contribution in [3.63, 3.8) is 0 Å². The van der Waals surface area contributed by atoms with Gasteiger partial charge < -0.3 is 15.8 Å². The molecule has 122 valence electrons. The molecule has 22 heavy (non-hydrogen) atoms. The van der Waals surface area contributed by atoms with Gasteiger partial charge in [0.05, 0.1) is 11.6 Å². The smallest absolute Gasteiger partial charge is 0.220 e. The Hall–Kier alpha value is -1.07. The largest absolute Gasteiger partial charge is 0.496 e. The number of benzene rings is 1. The molecule has 1 saturated carbocycles. The third-order valence-corrected chi connectivity index (χ3v) is 5.21. The first-order valence-corrected chi connectivity index (χ1v) is 8.67. The highest BCUT2D eigenvalue weighted by molar-refractivity contribution is 9.10. The Morgan fingerprint density at radius 2 is 2.09 bits per heavy atom. The third-order valence-electron chi connectivity index (χ3n) is 4.59. The highest BCUT2D eigenvalue weighted by Gasteiger charge is 2.32. The molecule has 1 aromatic rings. The van der Waals surface area contributed by atoms with Crippen molar-refractivity contribution in [2.75, 3.05) is 13.7 Å². The van der Waals surface area contributed by atoms with E-state index in [4.69, 9.17) is 10.5 Å². The van der Waals surface area contributed by atoms with Gasteiger partial charge in [-0.15, -0.1) is 0 Å². The van der Waals surface area contributed by atoms with Gasteiger partial charge >= 0.3 is 0 Å². The summed E-state index contributed by atoms with van der Waals surface area (Å²) in [5.41, 5.74) is 7.01. The van der Waals surface area contributed by atoms with Crippen molar-refractivity contribution >= 4 is 21.8 Å². The lowest BCUT2D eigenvalue weighted by molar-refractivity contribution is -0.124. The number of carbonyl (C=O) groups is 1. The maximum atomic E-state index is 12.3. The monoisotopic (exact) mass is 368 g/mol. The van der Waals surface area contributed by atoms with Gasteiger partial charge in [0.2, 0.25) is 5.91 Å². The van der Waals surface area contributed by atoms with E-state index in [-0.39, 0.29) is 11.3 Å². The second-order valence-corrected chi connectivity index (χ2v) is 7.04. The highest BCUT2D eigenvalue weighted by atomic mass is 79.9. The number of ether oxygens (including phenoxy) is 1. The van der Waals surface area contributed by atoms with Crippen LogP contribution in [0.2, 0.25) is 0 Å². The Balaban J connectivity index is 1.88. The molecule has 3 N–H and O–H groups in total. The first kappa shape index (κ1) is 17.3. The zero-order chi connectivity index (χ0) is 16.0. The number of nitrogens with two attached hydrogens (primary N) is 1. The molecule has 0 bridgehead atoms. The molecule has 2 rings (SSSR count). The molecular formula is C17H25BrN2O2. The molecule has 5 heteroatoms. The van der Waals surface area contributed by atoms with Gasteiger partial charge in [0.25, 0.3) is 0 Å². The number of amides is 1. The molecule has 0 saturated heterocycles. The molecule has 0 aliphatic heterocycles.